The molecular formula is C16H15BrClN5O. The lowest BCUT2D eigenvalue weighted by Gasteiger charge is -2.09. The Balaban J connectivity index is 1.65. The summed E-state index contributed by atoms with van der Waals surface area (Å²) in [6.45, 7) is 2.57. The molecule has 0 saturated heterocycles. The van der Waals surface area contributed by atoms with E-state index in [9.17, 15) is 4.79 Å². The second-order valence-corrected chi connectivity index (χ2v) is 6.66. The first-order chi connectivity index (χ1) is 11.5. The topological polar surface area (TPSA) is 64.7 Å². The summed E-state index contributed by atoms with van der Waals surface area (Å²) in [4.78, 5) is 12.2. The Kier molecular flexibility index (Phi) is 5.01. The fraction of sp³-hybridized carbons (Fsp3) is 0.188. The van der Waals surface area contributed by atoms with Crippen molar-refractivity contribution >= 4 is 39.1 Å². The highest BCUT2D eigenvalue weighted by molar-refractivity contribution is 9.10. The number of carbonyl (C=O) groups excluding carboxylic acids is 1. The number of nitrogens with one attached hydrogen (secondary N) is 1. The number of amides is 1. The van der Waals surface area contributed by atoms with E-state index in [2.05, 4.69) is 31.4 Å². The summed E-state index contributed by atoms with van der Waals surface area (Å²) in [5, 5.41) is 11.7. The molecule has 1 N–H and O–H groups in total. The van der Waals surface area contributed by atoms with Gasteiger partial charge in [-0.3, -0.25) is 14.2 Å². The van der Waals surface area contributed by atoms with Gasteiger partial charge in [-0.1, -0.05) is 23.7 Å². The SMILES string of the molecule is Cc1c(Cl)cnn1CC(=O)Nc1cccc(Cn2cc(Br)cn2)c1. The molecule has 2 heterocycles. The van der Waals surface area contributed by atoms with E-state index in [1.807, 2.05) is 42.1 Å². The van der Waals surface area contributed by atoms with Crippen molar-refractivity contribution in [1.82, 2.24) is 19.6 Å². The van der Waals surface area contributed by atoms with Crippen LogP contribution >= 0.6 is 27.5 Å². The molecule has 0 aliphatic heterocycles. The molecule has 0 radical (unpaired) electrons. The van der Waals surface area contributed by atoms with Crippen LogP contribution in [0.15, 0.2) is 47.3 Å². The minimum Gasteiger partial charge on any atom is -0.324 e. The summed E-state index contributed by atoms with van der Waals surface area (Å²) >= 11 is 9.32. The Hall–Kier alpha value is -2.12. The second kappa shape index (κ2) is 7.19. The average Bonchev–Trinajstić information content (AvgIpc) is 3.08. The zero-order valence-electron chi connectivity index (χ0n) is 12.9. The molecule has 0 atom stereocenters. The number of carbonyl (C=O) groups is 1. The molecular weight excluding hydrogens is 394 g/mol. The lowest BCUT2D eigenvalue weighted by atomic mass is 10.2. The number of halogens is 2. The molecule has 0 fully saturated rings. The van der Waals surface area contributed by atoms with Crippen molar-refractivity contribution in [2.75, 3.05) is 5.32 Å². The van der Waals surface area contributed by atoms with Gasteiger partial charge in [0.05, 0.1) is 34.1 Å². The van der Waals surface area contributed by atoms with Gasteiger partial charge in [0.25, 0.3) is 0 Å². The van der Waals surface area contributed by atoms with E-state index in [-0.39, 0.29) is 12.5 Å². The average molecular weight is 409 g/mol. The smallest absolute Gasteiger partial charge is 0.246 e. The van der Waals surface area contributed by atoms with Crippen molar-refractivity contribution in [3.05, 3.63) is 63.6 Å². The van der Waals surface area contributed by atoms with Crippen LogP contribution in [0.1, 0.15) is 11.3 Å². The highest BCUT2D eigenvalue weighted by atomic mass is 79.9. The Morgan fingerprint density at radius 2 is 2.17 bits per heavy atom. The van der Waals surface area contributed by atoms with Crippen LogP contribution in [0.4, 0.5) is 5.69 Å². The number of benzene rings is 1. The zero-order chi connectivity index (χ0) is 17.1. The predicted octanol–water partition coefficient (Wildman–Crippen LogP) is 3.49. The summed E-state index contributed by atoms with van der Waals surface area (Å²) in [6, 6.07) is 7.67. The van der Waals surface area contributed by atoms with Gasteiger partial charge in [-0.25, -0.2) is 0 Å². The molecule has 0 bridgehead atoms. The molecule has 0 saturated carbocycles. The van der Waals surface area contributed by atoms with E-state index in [0.29, 0.717) is 11.6 Å². The van der Waals surface area contributed by atoms with Gasteiger partial charge in [0.15, 0.2) is 0 Å². The second-order valence-electron chi connectivity index (χ2n) is 5.34. The molecule has 0 unspecified atom stereocenters. The predicted molar refractivity (Wildman–Crippen MR) is 96.1 cm³/mol. The van der Waals surface area contributed by atoms with Crippen molar-refractivity contribution in [3.8, 4) is 0 Å². The van der Waals surface area contributed by atoms with E-state index < -0.39 is 0 Å². The normalized spacial score (nSPS) is 10.8. The maximum absolute atomic E-state index is 12.2. The lowest BCUT2D eigenvalue weighted by Crippen LogP contribution is -2.20. The number of nitrogens with zero attached hydrogens (tertiary/aromatic N) is 4. The van der Waals surface area contributed by atoms with Gasteiger partial charge < -0.3 is 5.32 Å². The number of aromatic nitrogens is 4. The third kappa shape index (κ3) is 4.04. The molecule has 8 heteroatoms. The van der Waals surface area contributed by atoms with E-state index in [4.69, 9.17) is 11.6 Å². The summed E-state index contributed by atoms with van der Waals surface area (Å²) < 4.78 is 4.32. The van der Waals surface area contributed by atoms with Gasteiger partial charge >= 0.3 is 0 Å². The summed E-state index contributed by atoms with van der Waals surface area (Å²) in [7, 11) is 0. The molecule has 3 rings (SSSR count). The van der Waals surface area contributed by atoms with Crippen LogP contribution in [-0.4, -0.2) is 25.5 Å². The van der Waals surface area contributed by atoms with Crippen LogP contribution in [0.2, 0.25) is 5.02 Å². The molecule has 124 valence electrons. The van der Waals surface area contributed by atoms with Crippen LogP contribution in [0, 0.1) is 6.92 Å². The van der Waals surface area contributed by atoms with Crippen LogP contribution in [0.25, 0.3) is 0 Å². The van der Waals surface area contributed by atoms with Gasteiger partial charge in [-0.2, -0.15) is 10.2 Å². The molecule has 0 spiro atoms. The maximum atomic E-state index is 12.2. The monoisotopic (exact) mass is 407 g/mol. The van der Waals surface area contributed by atoms with Crippen molar-refractivity contribution in [2.45, 2.75) is 20.0 Å². The third-order valence-electron chi connectivity index (χ3n) is 3.49. The van der Waals surface area contributed by atoms with Gasteiger partial charge in [-0.15, -0.1) is 0 Å². The Morgan fingerprint density at radius 1 is 1.33 bits per heavy atom. The van der Waals surface area contributed by atoms with Crippen LogP contribution in [0.5, 0.6) is 0 Å². The third-order valence-corrected chi connectivity index (χ3v) is 4.27. The fourth-order valence-electron chi connectivity index (χ4n) is 2.28. The van der Waals surface area contributed by atoms with Crippen LogP contribution in [0.3, 0.4) is 0 Å². The zero-order valence-corrected chi connectivity index (χ0v) is 15.3. The fourth-order valence-corrected chi connectivity index (χ4v) is 2.75. The minimum absolute atomic E-state index is 0.120. The molecule has 0 aliphatic carbocycles. The van der Waals surface area contributed by atoms with E-state index in [0.717, 1.165) is 21.4 Å². The first kappa shape index (κ1) is 16.7. The minimum atomic E-state index is -0.156. The number of rotatable bonds is 5. The first-order valence-corrected chi connectivity index (χ1v) is 8.43. The molecule has 2 aromatic heterocycles. The largest absolute Gasteiger partial charge is 0.324 e. The van der Waals surface area contributed by atoms with Crippen LogP contribution in [-0.2, 0) is 17.9 Å². The van der Waals surface area contributed by atoms with Crippen LogP contribution < -0.4 is 5.32 Å². The van der Waals surface area contributed by atoms with Crippen molar-refractivity contribution < 1.29 is 4.79 Å². The van der Waals surface area contributed by atoms with E-state index in [1.165, 1.54) is 6.20 Å². The van der Waals surface area contributed by atoms with Gasteiger partial charge in [0.1, 0.15) is 6.54 Å². The van der Waals surface area contributed by atoms with Crippen molar-refractivity contribution in [2.24, 2.45) is 0 Å². The van der Waals surface area contributed by atoms with Gasteiger partial charge in [0.2, 0.25) is 5.91 Å². The molecule has 6 nitrogen and oxygen atoms in total. The highest BCUT2D eigenvalue weighted by Gasteiger charge is 2.09. The summed E-state index contributed by atoms with van der Waals surface area (Å²) in [6.07, 6.45) is 5.17. The van der Waals surface area contributed by atoms with E-state index >= 15 is 0 Å². The Labute approximate surface area is 152 Å². The molecule has 1 amide bonds. The number of hydrogen-bond donors (Lipinski definition) is 1. The Bertz CT molecular complexity index is 873. The van der Waals surface area contributed by atoms with Crippen molar-refractivity contribution in [3.63, 3.8) is 0 Å². The maximum Gasteiger partial charge on any atom is 0.246 e. The molecule has 3 aromatic rings. The van der Waals surface area contributed by atoms with Gasteiger partial charge in [0, 0.05) is 11.9 Å². The van der Waals surface area contributed by atoms with Gasteiger partial charge in [-0.05, 0) is 40.5 Å². The highest BCUT2D eigenvalue weighted by Crippen LogP contribution is 2.15. The number of anilines is 1. The summed E-state index contributed by atoms with van der Waals surface area (Å²) in [5.41, 5.74) is 2.55. The molecule has 24 heavy (non-hydrogen) atoms. The molecule has 0 aliphatic rings. The summed E-state index contributed by atoms with van der Waals surface area (Å²) in [5.74, 6) is -0.156. The standard InChI is InChI=1S/C16H15BrClN5O/c1-11-15(18)7-20-23(11)10-16(24)21-14-4-2-3-12(5-14)8-22-9-13(17)6-19-22/h2-7,9H,8,10H2,1H3,(H,21,24). The Morgan fingerprint density at radius 3 is 2.83 bits per heavy atom. The molecule has 1 aromatic carbocycles. The lowest BCUT2D eigenvalue weighted by molar-refractivity contribution is -0.116. The van der Waals surface area contributed by atoms with Crippen molar-refractivity contribution in [1.29, 1.82) is 0 Å². The quantitative estimate of drug-likeness (QED) is 0.703. The first-order valence-electron chi connectivity index (χ1n) is 7.26. The van der Waals surface area contributed by atoms with E-state index in [1.54, 1.807) is 10.9 Å². The number of hydrogen-bond acceptors (Lipinski definition) is 3.